The zero-order valence-corrected chi connectivity index (χ0v) is 18.4. The number of sulfonamides is 1. The van der Waals surface area contributed by atoms with Crippen LogP contribution in [0.25, 0.3) is 28.3 Å². The van der Waals surface area contributed by atoms with Crippen LogP contribution in [-0.2, 0) is 22.6 Å². The Kier molecular flexibility index (Phi) is 4.65. The lowest BCUT2D eigenvalue weighted by Crippen LogP contribution is -2.65. The predicted molar refractivity (Wildman–Crippen MR) is 111 cm³/mol. The van der Waals surface area contributed by atoms with E-state index >= 15 is 0 Å². The van der Waals surface area contributed by atoms with Gasteiger partial charge >= 0.3 is 15.5 Å². The van der Waals surface area contributed by atoms with Crippen LogP contribution in [0.15, 0.2) is 43.2 Å². The van der Waals surface area contributed by atoms with E-state index in [2.05, 4.69) is 15.2 Å². The topological polar surface area (TPSA) is 103 Å². The number of nitrogens with zero attached hydrogens (tertiary/aromatic N) is 8. The monoisotopic (exact) mass is 480 g/mol. The van der Waals surface area contributed by atoms with Gasteiger partial charge in [-0.05, 0) is 6.42 Å². The number of alkyl halides is 3. The summed E-state index contributed by atoms with van der Waals surface area (Å²) in [6.07, 6.45) is 10.5. The van der Waals surface area contributed by atoms with Gasteiger partial charge in [-0.3, -0.25) is 13.8 Å². The highest BCUT2D eigenvalue weighted by Crippen LogP contribution is 2.39. The van der Waals surface area contributed by atoms with E-state index in [9.17, 15) is 21.6 Å². The number of aromatic nitrogens is 7. The van der Waals surface area contributed by atoms with Crippen LogP contribution in [-0.4, -0.2) is 65.3 Å². The first-order valence-corrected chi connectivity index (χ1v) is 11.4. The van der Waals surface area contributed by atoms with Crippen molar-refractivity contribution in [1.29, 1.82) is 0 Å². The second-order valence-corrected chi connectivity index (χ2v) is 9.92. The lowest BCUT2D eigenvalue weighted by Gasteiger charge is -2.48. The summed E-state index contributed by atoms with van der Waals surface area (Å²) >= 11 is 0. The van der Waals surface area contributed by atoms with Crippen LogP contribution in [0.4, 0.5) is 13.2 Å². The van der Waals surface area contributed by atoms with Crippen molar-refractivity contribution in [3.8, 4) is 22.6 Å². The normalized spacial score (nSPS) is 16.9. The van der Waals surface area contributed by atoms with Crippen LogP contribution >= 0.6 is 0 Å². The Morgan fingerprint density at radius 2 is 1.85 bits per heavy atom. The minimum Gasteiger partial charge on any atom is -0.284 e. The molecule has 5 heterocycles. The van der Waals surface area contributed by atoms with E-state index in [0.717, 1.165) is 5.56 Å². The average Bonchev–Trinajstić information content (AvgIpc) is 3.46. The molecule has 4 aromatic heterocycles. The minimum atomic E-state index is -5.37. The van der Waals surface area contributed by atoms with Crippen LogP contribution in [0, 0.1) is 0 Å². The molecule has 4 aromatic rings. The smallest absolute Gasteiger partial charge is 0.284 e. The number of aryl methyl sites for hydroxylation is 1. The van der Waals surface area contributed by atoms with Crippen LogP contribution in [0.3, 0.4) is 0 Å². The molecule has 0 saturated carbocycles. The van der Waals surface area contributed by atoms with E-state index in [4.69, 9.17) is 4.98 Å². The molecule has 174 valence electrons. The number of hydrogen-bond acceptors (Lipinski definition) is 6. The maximum atomic E-state index is 12.9. The molecule has 1 fully saturated rings. The van der Waals surface area contributed by atoms with Gasteiger partial charge < -0.3 is 0 Å². The molecule has 0 atom stereocenters. The predicted octanol–water partition coefficient (Wildman–Crippen LogP) is 2.26. The third-order valence-corrected chi connectivity index (χ3v) is 7.47. The van der Waals surface area contributed by atoms with Crippen LogP contribution in [0.1, 0.15) is 13.3 Å². The van der Waals surface area contributed by atoms with Gasteiger partial charge in [0.2, 0.25) is 0 Å². The summed E-state index contributed by atoms with van der Waals surface area (Å²) in [6.45, 7) is 1.17. The highest BCUT2D eigenvalue weighted by Gasteiger charge is 2.58. The van der Waals surface area contributed by atoms with Crippen molar-refractivity contribution >= 4 is 15.7 Å². The maximum absolute atomic E-state index is 12.9. The molecule has 0 unspecified atom stereocenters. The molecule has 10 nitrogen and oxygen atoms in total. The first-order valence-electron chi connectivity index (χ1n) is 9.99. The Morgan fingerprint density at radius 1 is 1.12 bits per heavy atom. The standard InChI is InChI=1S/C19H19F3N8O2S/c1-3-18(11-28(12-18)33(31,32)19(20,21)22)30-10-14(8-25-30)17-26-15(13-7-24-27(2)9-13)6-16-23-4-5-29(16)17/h4-10H,3,11-12H2,1-2H3. The molecule has 1 aliphatic heterocycles. The van der Waals surface area contributed by atoms with E-state index in [-0.39, 0.29) is 13.1 Å². The van der Waals surface area contributed by atoms with Gasteiger partial charge in [-0.15, -0.1) is 0 Å². The van der Waals surface area contributed by atoms with Crippen LogP contribution in [0.5, 0.6) is 0 Å². The van der Waals surface area contributed by atoms with Gasteiger partial charge in [-0.25, -0.2) is 18.4 Å². The largest absolute Gasteiger partial charge is 0.511 e. The number of rotatable bonds is 5. The molecular weight excluding hydrogens is 461 g/mol. The van der Waals surface area contributed by atoms with Crippen molar-refractivity contribution in [3.05, 3.63) is 43.2 Å². The van der Waals surface area contributed by atoms with Crippen molar-refractivity contribution in [2.45, 2.75) is 24.4 Å². The SMILES string of the molecule is CCC1(n2cc(-c3nc(-c4cnn(C)c4)cc4nccn34)cn2)CN(S(=O)(=O)C(F)(F)F)C1. The Bertz CT molecular complexity index is 1450. The molecule has 0 spiro atoms. The summed E-state index contributed by atoms with van der Waals surface area (Å²) < 4.78 is 67.6. The maximum Gasteiger partial charge on any atom is 0.511 e. The van der Waals surface area contributed by atoms with Crippen molar-refractivity contribution in [2.24, 2.45) is 7.05 Å². The molecule has 1 saturated heterocycles. The minimum absolute atomic E-state index is 0.309. The third kappa shape index (κ3) is 3.31. The van der Waals surface area contributed by atoms with E-state index in [1.54, 1.807) is 54.0 Å². The average molecular weight is 480 g/mol. The molecule has 0 bridgehead atoms. The van der Waals surface area contributed by atoms with Gasteiger partial charge in [0.25, 0.3) is 0 Å². The number of hydrogen-bond donors (Lipinski definition) is 0. The summed E-state index contributed by atoms with van der Waals surface area (Å²) in [7, 11) is -3.57. The molecule has 14 heteroatoms. The summed E-state index contributed by atoms with van der Waals surface area (Å²) in [5.41, 5.74) is -3.47. The lowest BCUT2D eigenvalue weighted by atomic mass is 9.89. The summed E-state index contributed by atoms with van der Waals surface area (Å²) in [5.74, 6) is 0.542. The van der Waals surface area contributed by atoms with E-state index < -0.39 is 21.1 Å². The van der Waals surface area contributed by atoms with Crippen LogP contribution in [0.2, 0.25) is 0 Å². The zero-order valence-electron chi connectivity index (χ0n) is 17.6. The molecule has 0 amide bonds. The molecule has 0 radical (unpaired) electrons. The van der Waals surface area contributed by atoms with Gasteiger partial charge in [0, 0.05) is 56.6 Å². The van der Waals surface area contributed by atoms with Crippen molar-refractivity contribution in [2.75, 3.05) is 13.1 Å². The highest BCUT2D eigenvalue weighted by atomic mass is 32.2. The fraction of sp³-hybridized carbons (Fsp3) is 0.368. The van der Waals surface area contributed by atoms with Gasteiger partial charge in [0.15, 0.2) is 0 Å². The number of halogens is 3. The van der Waals surface area contributed by atoms with Gasteiger partial charge in [0.1, 0.15) is 11.5 Å². The Balaban J connectivity index is 1.51. The van der Waals surface area contributed by atoms with Gasteiger partial charge in [0.05, 0.1) is 29.2 Å². The Labute approximate surface area is 186 Å². The molecule has 5 rings (SSSR count). The Hall–Kier alpha value is -3.26. The number of imidazole rings is 1. The molecule has 33 heavy (non-hydrogen) atoms. The zero-order chi connectivity index (χ0) is 23.6. The summed E-state index contributed by atoms with van der Waals surface area (Å²) in [5, 5.41) is 8.53. The molecular formula is C19H19F3N8O2S. The van der Waals surface area contributed by atoms with E-state index in [0.29, 0.717) is 33.5 Å². The fourth-order valence-electron chi connectivity index (χ4n) is 3.98. The molecule has 0 aromatic carbocycles. The highest BCUT2D eigenvalue weighted by molar-refractivity contribution is 7.90. The number of fused-ring (bicyclic) bond motifs is 1. The second kappa shape index (κ2) is 7.12. The quantitative estimate of drug-likeness (QED) is 0.434. The first-order chi connectivity index (χ1) is 15.5. The van der Waals surface area contributed by atoms with Gasteiger partial charge in [-0.2, -0.15) is 27.7 Å². The lowest BCUT2D eigenvalue weighted by molar-refractivity contribution is -0.0570. The van der Waals surface area contributed by atoms with Crippen molar-refractivity contribution in [1.82, 2.24) is 38.2 Å². The van der Waals surface area contributed by atoms with E-state index in [1.807, 2.05) is 12.3 Å². The molecule has 1 aliphatic rings. The second-order valence-electron chi connectivity index (χ2n) is 7.99. The van der Waals surface area contributed by atoms with Crippen LogP contribution < -0.4 is 0 Å². The molecule has 0 N–H and O–H groups in total. The third-order valence-electron chi connectivity index (χ3n) is 5.95. The van der Waals surface area contributed by atoms with Crippen molar-refractivity contribution in [3.63, 3.8) is 0 Å². The van der Waals surface area contributed by atoms with Gasteiger partial charge in [-0.1, -0.05) is 6.92 Å². The first kappa shape index (κ1) is 21.6. The van der Waals surface area contributed by atoms with Crippen molar-refractivity contribution < 1.29 is 21.6 Å². The summed E-state index contributed by atoms with van der Waals surface area (Å²) in [4.78, 5) is 9.09. The summed E-state index contributed by atoms with van der Waals surface area (Å²) in [6, 6.07) is 1.82. The Morgan fingerprint density at radius 3 is 2.48 bits per heavy atom. The molecule has 0 aliphatic carbocycles. The fourth-order valence-corrected chi connectivity index (χ4v) is 5.10. The van der Waals surface area contributed by atoms with E-state index in [1.165, 1.54) is 4.68 Å².